The average Bonchev–Trinajstić information content (AvgIpc) is 3.46. The van der Waals surface area contributed by atoms with E-state index in [1.54, 1.807) is 17.7 Å². The number of fused-ring (bicyclic) bond motifs is 3. The maximum Gasteiger partial charge on any atom is 0.127 e. The third-order valence-electron chi connectivity index (χ3n) is 5.98. The molecule has 6 rings (SSSR count). The molecule has 0 bridgehead atoms. The highest BCUT2D eigenvalue weighted by Crippen LogP contribution is 2.53. The third-order valence-corrected chi connectivity index (χ3v) is 10.7. The van der Waals surface area contributed by atoms with Crippen LogP contribution in [-0.2, 0) is 18.6 Å². The van der Waals surface area contributed by atoms with Crippen molar-refractivity contribution >= 4 is 44.2 Å². The fourth-order valence-corrected chi connectivity index (χ4v) is 9.60. The van der Waals surface area contributed by atoms with E-state index < -0.39 is 10.9 Å². The number of thioether (sulfide) groups is 1. The molecular weight excluding hydrogens is 444 g/mol. The number of thiophene rings is 1. The molecule has 0 amide bonds. The first-order valence-corrected chi connectivity index (χ1v) is 13.8. The quantitative estimate of drug-likeness (QED) is 0.346. The smallest absolute Gasteiger partial charge is 0.127 e. The normalized spacial score (nSPS) is 20.9. The van der Waals surface area contributed by atoms with Crippen LogP contribution >= 0.6 is 34.0 Å². The molecule has 6 heterocycles. The molecule has 4 aromatic rings. The Balaban J connectivity index is 1.37. The van der Waals surface area contributed by atoms with E-state index >= 15 is 0 Å². The van der Waals surface area contributed by atoms with Crippen molar-refractivity contribution in [3.05, 3.63) is 57.6 Å². The first kappa shape index (κ1) is 19.6. The molecule has 0 saturated heterocycles. The largest absolute Gasteiger partial charge is 0.241 e. The highest BCUT2D eigenvalue weighted by molar-refractivity contribution is 8.17. The molecule has 0 spiro atoms. The summed E-state index contributed by atoms with van der Waals surface area (Å²) in [6.45, 7) is 6.07. The Morgan fingerprint density at radius 2 is 1.87 bits per heavy atom. The second-order valence-electron chi connectivity index (χ2n) is 7.98. The van der Waals surface area contributed by atoms with E-state index in [-0.39, 0.29) is 0 Å². The summed E-state index contributed by atoms with van der Waals surface area (Å²) in [5, 5.41) is 4.86. The van der Waals surface area contributed by atoms with Gasteiger partial charge in [-0.15, -0.1) is 23.1 Å². The maximum atomic E-state index is 4.88. The van der Waals surface area contributed by atoms with E-state index in [2.05, 4.69) is 28.3 Å². The minimum Gasteiger partial charge on any atom is -0.241 e. The van der Waals surface area contributed by atoms with Crippen LogP contribution in [0.1, 0.15) is 45.1 Å². The van der Waals surface area contributed by atoms with Gasteiger partial charge in [0.25, 0.3) is 0 Å². The van der Waals surface area contributed by atoms with Crippen LogP contribution in [0.25, 0.3) is 10.2 Å². The monoisotopic (exact) mass is 466 g/mol. The van der Waals surface area contributed by atoms with Crippen LogP contribution in [-0.4, -0.2) is 35.7 Å². The molecule has 0 saturated carbocycles. The minimum atomic E-state index is -0.568. The summed E-state index contributed by atoms with van der Waals surface area (Å²) >= 11 is 3.70. The lowest BCUT2D eigenvalue weighted by Gasteiger charge is -2.17. The standard InChI is InChI=1S/C22H22N6S3/c1-11-15-9-30-18(19(15)27-12(2)25-11)8-17-14-5-7-31(21(14)24-10-23-17)22-20-16(4-6-29-20)26-13(3)28-22/h4,6,10,18,31H,5,7-9H2,1-3H3. The van der Waals surface area contributed by atoms with Crippen molar-refractivity contribution < 1.29 is 0 Å². The molecule has 0 radical (unpaired) electrons. The molecule has 0 N–H and O–H groups in total. The van der Waals surface area contributed by atoms with Gasteiger partial charge in [0, 0.05) is 34.7 Å². The van der Waals surface area contributed by atoms with Gasteiger partial charge in [0.05, 0.1) is 26.2 Å². The summed E-state index contributed by atoms with van der Waals surface area (Å²) in [6.07, 6.45) is 3.68. The SMILES string of the molecule is Cc1nc(C)c2c(n1)C(Cc1ncnc3c1CC[SH]3c1nc(C)nc3ccsc13)SC2. The molecule has 0 aromatic carbocycles. The van der Waals surface area contributed by atoms with Crippen molar-refractivity contribution in [1.29, 1.82) is 0 Å². The third kappa shape index (κ3) is 3.25. The number of rotatable bonds is 3. The van der Waals surface area contributed by atoms with Gasteiger partial charge in [0.1, 0.15) is 23.0 Å². The Labute approximate surface area is 191 Å². The van der Waals surface area contributed by atoms with Crippen LogP contribution in [0.3, 0.4) is 0 Å². The van der Waals surface area contributed by atoms with Crippen LogP contribution in [0.5, 0.6) is 0 Å². The Morgan fingerprint density at radius 3 is 2.77 bits per heavy atom. The van der Waals surface area contributed by atoms with Crippen molar-refractivity contribution in [3.63, 3.8) is 0 Å². The first-order chi connectivity index (χ1) is 15.1. The fraction of sp³-hybridized carbons (Fsp3) is 0.364. The Hall–Kier alpha value is -2.10. The molecule has 158 valence electrons. The Kier molecular flexibility index (Phi) is 4.73. The molecule has 0 fully saturated rings. The van der Waals surface area contributed by atoms with E-state index in [1.807, 2.05) is 25.6 Å². The molecule has 2 aliphatic rings. The second-order valence-corrected chi connectivity index (χ2v) is 12.2. The summed E-state index contributed by atoms with van der Waals surface area (Å²) in [6, 6.07) is 2.09. The number of nitrogens with zero attached hydrogens (tertiary/aromatic N) is 6. The van der Waals surface area contributed by atoms with E-state index in [0.29, 0.717) is 5.25 Å². The van der Waals surface area contributed by atoms with Crippen molar-refractivity contribution in [1.82, 2.24) is 29.9 Å². The molecule has 9 heteroatoms. The van der Waals surface area contributed by atoms with Crippen LogP contribution in [0.2, 0.25) is 0 Å². The Bertz CT molecular complexity index is 1330. The van der Waals surface area contributed by atoms with Gasteiger partial charge < -0.3 is 0 Å². The van der Waals surface area contributed by atoms with Gasteiger partial charge in [-0.2, -0.15) is 10.9 Å². The fourth-order valence-electron chi connectivity index (χ4n) is 4.58. The van der Waals surface area contributed by atoms with Crippen molar-refractivity contribution in [3.8, 4) is 0 Å². The summed E-state index contributed by atoms with van der Waals surface area (Å²) in [7, 11) is -0.568. The number of thiol groups is 1. The molecular formula is C22H22N6S3. The topological polar surface area (TPSA) is 77.3 Å². The highest BCUT2D eigenvalue weighted by atomic mass is 32.2. The van der Waals surface area contributed by atoms with Crippen molar-refractivity contribution in [2.24, 2.45) is 0 Å². The predicted molar refractivity (Wildman–Crippen MR) is 128 cm³/mol. The van der Waals surface area contributed by atoms with Crippen LogP contribution in [0.4, 0.5) is 0 Å². The molecule has 6 nitrogen and oxygen atoms in total. The van der Waals surface area contributed by atoms with Gasteiger partial charge in [-0.1, -0.05) is 0 Å². The summed E-state index contributed by atoms with van der Waals surface area (Å²) in [5.41, 5.74) is 7.21. The van der Waals surface area contributed by atoms with Crippen molar-refractivity contribution in [2.45, 2.75) is 54.7 Å². The molecule has 2 atom stereocenters. The van der Waals surface area contributed by atoms with Gasteiger partial charge in [0.2, 0.25) is 0 Å². The predicted octanol–water partition coefficient (Wildman–Crippen LogP) is 4.70. The van der Waals surface area contributed by atoms with E-state index in [0.717, 1.165) is 47.2 Å². The minimum absolute atomic E-state index is 0.339. The lowest BCUT2D eigenvalue weighted by atomic mass is 10.0. The number of aromatic nitrogens is 6. The highest BCUT2D eigenvalue weighted by Gasteiger charge is 2.32. The molecule has 4 aromatic heterocycles. The number of hydrogen-bond acceptors (Lipinski definition) is 8. The lowest BCUT2D eigenvalue weighted by Crippen LogP contribution is -2.07. The Morgan fingerprint density at radius 1 is 1.00 bits per heavy atom. The van der Waals surface area contributed by atoms with Crippen LogP contribution in [0, 0.1) is 20.8 Å². The average molecular weight is 467 g/mol. The van der Waals surface area contributed by atoms with Gasteiger partial charge in [-0.3, -0.25) is 0 Å². The second kappa shape index (κ2) is 7.50. The zero-order valence-electron chi connectivity index (χ0n) is 17.6. The van der Waals surface area contributed by atoms with Crippen LogP contribution in [0.15, 0.2) is 27.8 Å². The first-order valence-electron chi connectivity index (χ1n) is 10.4. The zero-order chi connectivity index (χ0) is 21.1. The van der Waals surface area contributed by atoms with Gasteiger partial charge in [-0.25, -0.2) is 29.9 Å². The van der Waals surface area contributed by atoms with Gasteiger partial charge in [0.15, 0.2) is 0 Å². The van der Waals surface area contributed by atoms with E-state index in [1.165, 1.54) is 37.3 Å². The van der Waals surface area contributed by atoms with Gasteiger partial charge in [-0.05, 0) is 44.4 Å². The number of hydrogen-bond donors (Lipinski definition) is 1. The lowest BCUT2D eigenvalue weighted by molar-refractivity contribution is 0.802. The summed E-state index contributed by atoms with van der Waals surface area (Å²) in [5.74, 6) is 3.78. The summed E-state index contributed by atoms with van der Waals surface area (Å²) < 4.78 is 1.22. The molecule has 2 unspecified atom stereocenters. The molecule has 0 aliphatic carbocycles. The summed E-state index contributed by atoms with van der Waals surface area (Å²) in [4.78, 5) is 28.4. The number of aryl methyl sites for hydroxylation is 3. The van der Waals surface area contributed by atoms with E-state index in [4.69, 9.17) is 19.9 Å². The van der Waals surface area contributed by atoms with Crippen LogP contribution < -0.4 is 0 Å². The molecule has 31 heavy (non-hydrogen) atoms. The zero-order valence-corrected chi connectivity index (χ0v) is 20.1. The van der Waals surface area contributed by atoms with E-state index in [9.17, 15) is 0 Å². The maximum absolute atomic E-state index is 4.88. The van der Waals surface area contributed by atoms with Gasteiger partial charge >= 0.3 is 0 Å². The molecule has 2 aliphatic heterocycles. The van der Waals surface area contributed by atoms with Crippen molar-refractivity contribution in [2.75, 3.05) is 5.75 Å².